The molecule has 0 saturated carbocycles. The Balaban J connectivity index is 1.40. The van der Waals surface area contributed by atoms with Crippen LogP contribution in [-0.2, 0) is 0 Å². The van der Waals surface area contributed by atoms with E-state index < -0.39 is 0 Å². The number of aromatic nitrogens is 2. The monoisotopic (exact) mass is 333 g/mol. The average Bonchev–Trinajstić information content (AvgIpc) is 3.11. The molecule has 1 aliphatic heterocycles. The Bertz CT molecular complexity index is 926. The summed E-state index contributed by atoms with van der Waals surface area (Å²) >= 11 is 0. The lowest BCUT2D eigenvalue weighted by Crippen LogP contribution is -2.20. The van der Waals surface area contributed by atoms with Gasteiger partial charge in [0.1, 0.15) is 5.65 Å². The first-order chi connectivity index (χ1) is 12.3. The second-order valence-electron chi connectivity index (χ2n) is 5.95. The minimum Gasteiger partial charge on any atom is -0.313 e. The summed E-state index contributed by atoms with van der Waals surface area (Å²) in [4.78, 5) is 16.4. The van der Waals surface area contributed by atoms with Gasteiger partial charge in [-0.1, -0.05) is 18.2 Å². The highest BCUT2D eigenvalue weighted by Gasteiger charge is 2.07. The van der Waals surface area contributed by atoms with Crippen LogP contribution in [0.2, 0.25) is 0 Å². The molecular weight excluding hydrogens is 314 g/mol. The standard InChI is InChI=1S/C19H19N5O/c25-19(23-17-5-6-18-21-11-12-24(18)13-17)22-16-3-1-14(2-4-16)15-7-9-20-10-8-15/h1-7,11-13,20H,8-10H2,(H2,22,23,25). The van der Waals surface area contributed by atoms with Crippen LogP contribution in [0.5, 0.6) is 0 Å². The predicted octanol–water partition coefficient (Wildman–Crippen LogP) is 3.36. The molecule has 3 N–H and O–H groups in total. The molecule has 126 valence electrons. The van der Waals surface area contributed by atoms with Crippen molar-refractivity contribution in [3.8, 4) is 0 Å². The normalized spacial score (nSPS) is 14.2. The fourth-order valence-corrected chi connectivity index (χ4v) is 2.94. The maximum atomic E-state index is 12.2. The molecule has 0 spiro atoms. The molecule has 0 saturated heterocycles. The smallest absolute Gasteiger partial charge is 0.313 e. The maximum Gasteiger partial charge on any atom is 0.323 e. The summed E-state index contributed by atoms with van der Waals surface area (Å²) < 4.78 is 1.86. The molecule has 4 rings (SSSR count). The van der Waals surface area contributed by atoms with E-state index in [2.05, 4.69) is 27.0 Å². The fourth-order valence-electron chi connectivity index (χ4n) is 2.94. The van der Waals surface area contributed by atoms with Crippen molar-refractivity contribution in [2.75, 3.05) is 23.7 Å². The van der Waals surface area contributed by atoms with E-state index in [0.717, 1.165) is 30.8 Å². The number of carbonyl (C=O) groups excluding carboxylic acids is 1. The van der Waals surface area contributed by atoms with Gasteiger partial charge >= 0.3 is 6.03 Å². The number of nitrogens with one attached hydrogen (secondary N) is 3. The number of anilines is 2. The number of fused-ring (bicyclic) bond motifs is 1. The number of benzene rings is 1. The molecule has 3 heterocycles. The van der Waals surface area contributed by atoms with Crippen molar-refractivity contribution >= 4 is 28.6 Å². The van der Waals surface area contributed by atoms with Crippen LogP contribution in [-0.4, -0.2) is 28.5 Å². The first-order valence-electron chi connectivity index (χ1n) is 8.29. The van der Waals surface area contributed by atoms with Crippen LogP contribution in [0.3, 0.4) is 0 Å². The quantitative estimate of drug-likeness (QED) is 0.688. The summed E-state index contributed by atoms with van der Waals surface area (Å²) in [7, 11) is 0. The van der Waals surface area contributed by atoms with E-state index in [4.69, 9.17) is 0 Å². The average molecular weight is 333 g/mol. The minimum absolute atomic E-state index is 0.270. The van der Waals surface area contributed by atoms with Crippen molar-refractivity contribution < 1.29 is 4.79 Å². The fraction of sp³-hybridized carbons (Fsp3) is 0.158. The lowest BCUT2D eigenvalue weighted by Gasteiger charge is -2.14. The van der Waals surface area contributed by atoms with E-state index in [1.54, 1.807) is 6.20 Å². The first-order valence-corrected chi connectivity index (χ1v) is 8.29. The number of urea groups is 1. The van der Waals surface area contributed by atoms with Gasteiger partial charge < -0.3 is 20.4 Å². The van der Waals surface area contributed by atoms with Gasteiger partial charge in [-0.05, 0) is 48.4 Å². The number of amides is 2. The second kappa shape index (κ2) is 6.78. The van der Waals surface area contributed by atoms with Crippen LogP contribution in [0.25, 0.3) is 11.2 Å². The summed E-state index contributed by atoms with van der Waals surface area (Å²) in [6, 6.07) is 11.4. The van der Waals surface area contributed by atoms with Gasteiger partial charge in [0.15, 0.2) is 0 Å². The number of hydrogen-bond acceptors (Lipinski definition) is 3. The Morgan fingerprint density at radius 3 is 2.68 bits per heavy atom. The Labute approximate surface area is 145 Å². The summed E-state index contributed by atoms with van der Waals surface area (Å²) in [5.74, 6) is 0. The summed E-state index contributed by atoms with van der Waals surface area (Å²) in [6.07, 6.45) is 8.63. The molecule has 1 aliphatic rings. The third-order valence-corrected chi connectivity index (χ3v) is 4.22. The minimum atomic E-state index is -0.270. The zero-order chi connectivity index (χ0) is 17.1. The summed E-state index contributed by atoms with van der Waals surface area (Å²) in [5, 5.41) is 8.99. The van der Waals surface area contributed by atoms with E-state index in [1.165, 1.54) is 11.1 Å². The third kappa shape index (κ3) is 3.54. The van der Waals surface area contributed by atoms with Gasteiger partial charge in [0.05, 0.1) is 5.69 Å². The molecule has 0 aliphatic carbocycles. The van der Waals surface area contributed by atoms with Crippen LogP contribution in [0, 0.1) is 0 Å². The largest absolute Gasteiger partial charge is 0.323 e. The van der Waals surface area contributed by atoms with Gasteiger partial charge in [0.2, 0.25) is 0 Å². The Kier molecular flexibility index (Phi) is 4.18. The Hall–Kier alpha value is -3.12. The van der Waals surface area contributed by atoms with Crippen molar-refractivity contribution in [2.24, 2.45) is 0 Å². The van der Waals surface area contributed by atoms with Crippen LogP contribution in [0.4, 0.5) is 16.2 Å². The molecule has 2 aromatic heterocycles. The molecule has 1 aromatic carbocycles. The van der Waals surface area contributed by atoms with Gasteiger partial charge in [-0.25, -0.2) is 9.78 Å². The van der Waals surface area contributed by atoms with Crippen molar-refractivity contribution in [3.05, 3.63) is 66.6 Å². The highest BCUT2D eigenvalue weighted by Crippen LogP contribution is 2.21. The maximum absolute atomic E-state index is 12.2. The number of hydrogen-bond donors (Lipinski definition) is 3. The van der Waals surface area contributed by atoms with Gasteiger partial charge in [-0.2, -0.15) is 0 Å². The van der Waals surface area contributed by atoms with Crippen molar-refractivity contribution in [1.82, 2.24) is 14.7 Å². The topological polar surface area (TPSA) is 70.5 Å². The predicted molar refractivity (Wildman–Crippen MR) is 99.7 cm³/mol. The lowest BCUT2D eigenvalue weighted by atomic mass is 10.0. The number of rotatable bonds is 3. The molecule has 25 heavy (non-hydrogen) atoms. The van der Waals surface area contributed by atoms with E-state index in [-0.39, 0.29) is 6.03 Å². The molecule has 3 aromatic rings. The van der Waals surface area contributed by atoms with Gasteiger partial charge in [-0.3, -0.25) is 0 Å². The highest BCUT2D eigenvalue weighted by atomic mass is 16.2. The zero-order valence-electron chi connectivity index (χ0n) is 13.7. The zero-order valence-corrected chi connectivity index (χ0v) is 13.7. The highest BCUT2D eigenvalue weighted by molar-refractivity contribution is 5.99. The second-order valence-corrected chi connectivity index (χ2v) is 5.95. The SMILES string of the molecule is O=C(Nc1ccc(C2=CCNCC2)cc1)Nc1ccc2nccn2c1. The number of imidazole rings is 1. The summed E-state index contributed by atoms with van der Waals surface area (Å²) in [6.45, 7) is 1.93. The number of nitrogens with zero attached hydrogens (tertiary/aromatic N) is 2. The molecular formula is C19H19N5O. The third-order valence-electron chi connectivity index (χ3n) is 4.22. The molecule has 0 unspecified atom stereocenters. The van der Waals surface area contributed by atoms with Crippen LogP contribution in [0.15, 0.2) is 61.1 Å². The van der Waals surface area contributed by atoms with E-state index in [0.29, 0.717) is 5.69 Å². The molecule has 6 heteroatoms. The van der Waals surface area contributed by atoms with Crippen molar-refractivity contribution in [1.29, 1.82) is 0 Å². The van der Waals surface area contributed by atoms with Gasteiger partial charge in [-0.15, -0.1) is 0 Å². The van der Waals surface area contributed by atoms with Crippen molar-refractivity contribution in [3.63, 3.8) is 0 Å². The molecule has 0 atom stereocenters. The van der Waals surface area contributed by atoms with Gasteiger partial charge in [0, 0.05) is 30.8 Å². The summed E-state index contributed by atoms with van der Waals surface area (Å²) in [5.41, 5.74) is 4.87. The Morgan fingerprint density at radius 2 is 1.88 bits per heavy atom. The van der Waals surface area contributed by atoms with Gasteiger partial charge in [0.25, 0.3) is 0 Å². The van der Waals surface area contributed by atoms with E-state index in [9.17, 15) is 4.79 Å². The van der Waals surface area contributed by atoms with Crippen LogP contribution >= 0.6 is 0 Å². The van der Waals surface area contributed by atoms with E-state index >= 15 is 0 Å². The first kappa shape index (κ1) is 15.4. The van der Waals surface area contributed by atoms with Crippen molar-refractivity contribution in [2.45, 2.75) is 6.42 Å². The molecule has 0 fully saturated rings. The molecule has 2 amide bonds. The Morgan fingerprint density at radius 1 is 1.08 bits per heavy atom. The van der Waals surface area contributed by atoms with Crippen LogP contribution in [0.1, 0.15) is 12.0 Å². The molecule has 6 nitrogen and oxygen atoms in total. The molecule has 0 radical (unpaired) electrons. The number of carbonyl (C=O) groups is 1. The number of pyridine rings is 1. The molecule has 0 bridgehead atoms. The van der Waals surface area contributed by atoms with Crippen LogP contribution < -0.4 is 16.0 Å². The van der Waals surface area contributed by atoms with E-state index in [1.807, 2.05) is 53.2 Å². The lowest BCUT2D eigenvalue weighted by molar-refractivity contribution is 0.262.